The van der Waals surface area contributed by atoms with Crippen molar-refractivity contribution in [1.29, 1.82) is 0 Å². The summed E-state index contributed by atoms with van der Waals surface area (Å²) in [7, 11) is 0. The highest BCUT2D eigenvalue weighted by atomic mass is 35.5. The summed E-state index contributed by atoms with van der Waals surface area (Å²) in [6.07, 6.45) is 2.85. The SMILES string of the molecule is O=C(Nc1ccc(F)c(Cl)c1)C1CCN(c2ccc([N+](=O)[O-])c3cccnc23)CC1. The van der Waals surface area contributed by atoms with E-state index in [4.69, 9.17) is 11.6 Å². The molecule has 0 aliphatic carbocycles. The summed E-state index contributed by atoms with van der Waals surface area (Å²) in [6.45, 7) is 1.23. The number of non-ortho nitro benzene ring substituents is 1. The maximum Gasteiger partial charge on any atom is 0.278 e. The quantitative estimate of drug-likeness (QED) is 0.476. The van der Waals surface area contributed by atoms with Gasteiger partial charge in [-0.25, -0.2) is 4.39 Å². The van der Waals surface area contributed by atoms with Crippen molar-refractivity contribution in [1.82, 2.24) is 4.98 Å². The number of nitro benzene ring substituents is 1. The van der Waals surface area contributed by atoms with Crippen LogP contribution < -0.4 is 10.2 Å². The molecule has 0 radical (unpaired) electrons. The Morgan fingerprint density at radius 1 is 1.23 bits per heavy atom. The van der Waals surface area contributed by atoms with Crippen LogP contribution in [0.15, 0.2) is 48.7 Å². The van der Waals surface area contributed by atoms with Crippen LogP contribution in [0.1, 0.15) is 12.8 Å². The van der Waals surface area contributed by atoms with Crippen LogP contribution in [-0.2, 0) is 4.79 Å². The molecule has 0 atom stereocenters. The van der Waals surface area contributed by atoms with E-state index >= 15 is 0 Å². The average Bonchev–Trinajstić information content (AvgIpc) is 2.75. The lowest BCUT2D eigenvalue weighted by molar-refractivity contribution is -0.383. The van der Waals surface area contributed by atoms with Crippen molar-refractivity contribution in [3.63, 3.8) is 0 Å². The first-order chi connectivity index (χ1) is 14.4. The van der Waals surface area contributed by atoms with Gasteiger partial charge in [-0.05, 0) is 49.2 Å². The van der Waals surface area contributed by atoms with E-state index in [0.717, 1.165) is 5.69 Å². The number of carbonyl (C=O) groups excluding carboxylic acids is 1. The summed E-state index contributed by atoms with van der Waals surface area (Å²) in [4.78, 5) is 29.9. The molecule has 0 bridgehead atoms. The van der Waals surface area contributed by atoms with Gasteiger partial charge >= 0.3 is 0 Å². The summed E-state index contributed by atoms with van der Waals surface area (Å²) in [5, 5.41) is 14.5. The fourth-order valence-electron chi connectivity index (χ4n) is 3.76. The van der Waals surface area contributed by atoms with Crippen LogP contribution in [0, 0.1) is 21.8 Å². The first-order valence-electron chi connectivity index (χ1n) is 9.47. The minimum atomic E-state index is -0.535. The second-order valence-corrected chi connectivity index (χ2v) is 7.55. The third kappa shape index (κ3) is 3.91. The highest BCUT2D eigenvalue weighted by Gasteiger charge is 2.27. The lowest BCUT2D eigenvalue weighted by Crippen LogP contribution is -2.38. The standard InChI is InChI=1S/C21H18ClFN4O3/c22-16-12-14(3-4-17(16)23)25-21(28)13-7-10-26(11-8-13)19-6-5-18(27(29)30)15-2-1-9-24-20(15)19/h1-6,9,12-13H,7-8,10-11H2,(H,25,28). The molecule has 0 unspecified atom stereocenters. The predicted octanol–water partition coefficient (Wildman–Crippen LogP) is 4.79. The van der Waals surface area contributed by atoms with Gasteiger partial charge in [-0.1, -0.05) is 11.6 Å². The molecule has 1 fully saturated rings. The van der Waals surface area contributed by atoms with E-state index in [9.17, 15) is 19.3 Å². The molecule has 4 rings (SSSR count). The number of anilines is 2. The van der Waals surface area contributed by atoms with Gasteiger partial charge in [0.25, 0.3) is 5.69 Å². The second-order valence-electron chi connectivity index (χ2n) is 7.14. The molecule has 1 N–H and O–H groups in total. The molecule has 2 heterocycles. The number of aromatic nitrogens is 1. The number of fused-ring (bicyclic) bond motifs is 1. The van der Waals surface area contributed by atoms with E-state index in [1.807, 2.05) is 0 Å². The van der Waals surface area contributed by atoms with Gasteiger partial charge in [0.05, 0.1) is 21.0 Å². The van der Waals surface area contributed by atoms with E-state index in [0.29, 0.717) is 42.5 Å². The van der Waals surface area contributed by atoms with Gasteiger partial charge < -0.3 is 10.2 Å². The van der Waals surface area contributed by atoms with Crippen molar-refractivity contribution in [2.24, 2.45) is 5.92 Å². The van der Waals surface area contributed by atoms with E-state index in [2.05, 4.69) is 15.2 Å². The maximum atomic E-state index is 13.3. The first kappa shape index (κ1) is 20.0. The summed E-state index contributed by atoms with van der Waals surface area (Å²) in [5.74, 6) is -0.863. The number of rotatable bonds is 4. The number of benzene rings is 2. The van der Waals surface area contributed by atoms with Crippen molar-refractivity contribution in [2.75, 3.05) is 23.3 Å². The highest BCUT2D eigenvalue weighted by Crippen LogP contribution is 2.34. The summed E-state index contributed by atoms with van der Waals surface area (Å²) in [6, 6.07) is 10.7. The van der Waals surface area contributed by atoms with Gasteiger partial charge in [0.2, 0.25) is 5.91 Å². The predicted molar refractivity (Wildman–Crippen MR) is 113 cm³/mol. The monoisotopic (exact) mass is 428 g/mol. The minimum Gasteiger partial charge on any atom is -0.370 e. The molecule has 2 aromatic carbocycles. The fourth-order valence-corrected chi connectivity index (χ4v) is 3.94. The molecular weight excluding hydrogens is 411 g/mol. The zero-order chi connectivity index (χ0) is 21.3. The highest BCUT2D eigenvalue weighted by molar-refractivity contribution is 6.31. The lowest BCUT2D eigenvalue weighted by Gasteiger charge is -2.33. The molecule has 7 nitrogen and oxygen atoms in total. The smallest absolute Gasteiger partial charge is 0.278 e. The van der Waals surface area contributed by atoms with E-state index in [1.54, 1.807) is 24.4 Å². The third-order valence-electron chi connectivity index (χ3n) is 5.32. The molecule has 3 aromatic rings. The topological polar surface area (TPSA) is 88.4 Å². The molecule has 1 aliphatic heterocycles. The van der Waals surface area contributed by atoms with Gasteiger partial charge in [0.15, 0.2) is 0 Å². The number of pyridine rings is 1. The molecule has 0 saturated carbocycles. The largest absolute Gasteiger partial charge is 0.370 e. The number of carbonyl (C=O) groups is 1. The van der Waals surface area contributed by atoms with Crippen LogP contribution in [0.5, 0.6) is 0 Å². The molecule has 1 amide bonds. The van der Waals surface area contributed by atoms with Gasteiger partial charge in [0.1, 0.15) is 11.3 Å². The van der Waals surface area contributed by atoms with Crippen molar-refractivity contribution in [3.8, 4) is 0 Å². The van der Waals surface area contributed by atoms with Crippen LogP contribution >= 0.6 is 11.6 Å². The minimum absolute atomic E-state index is 0.0223. The summed E-state index contributed by atoms with van der Waals surface area (Å²) < 4.78 is 13.3. The lowest BCUT2D eigenvalue weighted by atomic mass is 9.95. The number of amides is 1. The van der Waals surface area contributed by atoms with Crippen LogP contribution in [-0.4, -0.2) is 28.9 Å². The average molecular weight is 429 g/mol. The fraction of sp³-hybridized carbons (Fsp3) is 0.238. The number of nitro groups is 1. The van der Waals surface area contributed by atoms with Crippen LogP contribution in [0.4, 0.5) is 21.5 Å². The Labute approximate surface area is 176 Å². The van der Waals surface area contributed by atoms with Gasteiger partial charge in [-0.3, -0.25) is 19.9 Å². The van der Waals surface area contributed by atoms with Crippen LogP contribution in [0.2, 0.25) is 5.02 Å². The number of hydrogen-bond acceptors (Lipinski definition) is 5. The normalized spacial score (nSPS) is 14.7. The maximum absolute atomic E-state index is 13.3. The number of piperidine rings is 1. The van der Waals surface area contributed by atoms with Crippen LogP contribution in [0.3, 0.4) is 0 Å². The van der Waals surface area contributed by atoms with Gasteiger partial charge in [-0.15, -0.1) is 0 Å². The zero-order valence-electron chi connectivity index (χ0n) is 15.8. The Balaban J connectivity index is 1.47. The second kappa shape index (κ2) is 8.23. The molecule has 1 aromatic heterocycles. The molecular formula is C21H18ClFN4O3. The number of halogens is 2. The molecule has 0 spiro atoms. The first-order valence-corrected chi connectivity index (χ1v) is 9.85. The number of nitrogens with one attached hydrogen (secondary N) is 1. The van der Waals surface area contributed by atoms with Crippen molar-refractivity contribution in [2.45, 2.75) is 12.8 Å². The summed E-state index contributed by atoms with van der Waals surface area (Å²) >= 11 is 5.77. The van der Waals surface area contributed by atoms with Gasteiger partial charge in [0, 0.05) is 37.0 Å². The molecule has 154 valence electrons. The van der Waals surface area contributed by atoms with Gasteiger partial charge in [-0.2, -0.15) is 0 Å². The number of nitrogens with zero attached hydrogens (tertiary/aromatic N) is 3. The molecule has 1 aliphatic rings. The molecule has 30 heavy (non-hydrogen) atoms. The number of hydrogen-bond donors (Lipinski definition) is 1. The molecule has 1 saturated heterocycles. The molecule has 9 heteroatoms. The summed E-state index contributed by atoms with van der Waals surface area (Å²) in [5.41, 5.74) is 1.88. The van der Waals surface area contributed by atoms with E-state index in [-0.39, 0.29) is 22.5 Å². The van der Waals surface area contributed by atoms with Crippen LogP contribution in [0.25, 0.3) is 10.9 Å². The van der Waals surface area contributed by atoms with E-state index in [1.165, 1.54) is 24.3 Å². The van der Waals surface area contributed by atoms with Crippen molar-refractivity contribution < 1.29 is 14.1 Å². The Hall–Kier alpha value is -3.26. The van der Waals surface area contributed by atoms with E-state index < -0.39 is 10.7 Å². The Morgan fingerprint density at radius 3 is 2.70 bits per heavy atom. The zero-order valence-corrected chi connectivity index (χ0v) is 16.6. The van der Waals surface area contributed by atoms with Crippen molar-refractivity contribution in [3.05, 3.63) is 69.6 Å². The Kier molecular flexibility index (Phi) is 5.50. The van der Waals surface area contributed by atoms with Crippen molar-refractivity contribution >= 4 is 45.5 Å². The Bertz CT molecular complexity index is 1130. The third-order valence-corrected chi connectivity index (χ3v) is 5.61. The Morgan fingerprint density at radius 2 is 2.00 bits per heavy atom.